The molecular formula is C16H22N4O. The van der Waals surface area contributed by atoms with Gasteiger partial charge in [-0.3, -0.25) is 9.67 Å². The Hall–Kier alpha value is -1.88. The number of aryl methyl sites for hydroxylation is 2. The van der Waals surface area contributed by atoms with Gasteiger partial charge in [-0.1, -0.05) is 0 Å². The zero-order valence-electron chi connectivity index (χ0n) is 12.6. The molecule has 3 heterocycles. The molecule has 112 valence electrons. The summed E-state index contributed by atoms with van der Waals surface area (Å²) < 4.78 is 7.88. The van der Waals surface area contributed by atoms with Gasteiger partial charge >= 0.3 is 0 Å². The number of pyridine rings is 1. The van der Waals surface area contributed by atoms with E-state index in [0.29, 0.717) is 5.92 Å². The van der Waals surface area contributed by atoms with Gasteiger partial charge in [0, 0.05) is 55.5 Å². The monoisotopic (exact) mass is 286 g/mol. The Kier molecular flexibility index (Phi) is 4.20. The van der Waals surface area contributed by atoms with Crippen LogP contribution in [0.5, 0.6) is 0 Å². The standard InChI is InChI=1S/C16H22N4O/c1-3-20-11-14(10-19-20)16-13(5-7-21-16)9-18-15-4-6-17-8-12(15)2/h4,6,8,10-11,13,16H,3,5,7,9H2,1-2H3,(H,17,18)/t13-,16+/m0/s1. The summed E-state index contributed by atoms with van der Waals surface area (Å²) in [5.74, 6) is 0.479. The van der Waals surface area contributed by atoms with Crippen LogP contribution < -0.4 is 5.32 Å². The smallest absolute Gasteiger partial charge is 0.0901 e. The van der Waals surface area contributed by atoms with E-state index in [1.54, 1.807) is 0 Å². The predicted octanol–water partition coefficient (Wildman–Crippen LogP) is 2.80. The molecule has 2 aromatic heterocycles. The quantitative estimate of drug-likeness (QED) is 0.918. The molecular weight excluding hydrogens is 264 g/mol. The van der Waals surface area contributed by atoms with Crippen LogP contribution in [0.4, 0.5) is 5.69 Å². The third-order valence-electron chi connectivity index (χ3n) is 4.09. The van der Waals surface area contributed by atoms with E-state index in [2.05, 4.69) is 35.4 Å². The molecule has 0 bridgehead atoms. The van der Waals surface area contributed by atoms with E-state index in [-0.39, 0.29) is 6.10 Å². The highest BCUT2D eigenvalue weighted by atomic mass is 16.5. The van der Waals surface area contributed by atoms with Gasteiger partial charge in [-0.15, -0.1) is 0 Å². The van der Waals surface area contributed by atoms with E-state index in [1.807, 2.05) is 29.3 Å². The summed E-state index contributed by atoms with van der Waals surface area (Å²) >= 11 is 0. The van der Waals surface area contributed by atoms with Crippen molar-refractivity contribution < 1.29 is 4.74 Å². The molecule has 0 unspecified atom stereocenters. The van der Waals surface area contributed by atoms with E-state index in [1.165, 1.54) is 11.1 Å². The van der Waals surface area contributed by atoms with Crippen molar-refractivity contribution in [2.45, 2.75) is 32.9 Å². The lowest BCUT2D eigenvalue weighted by Crippen LogP contribution is -2.18. The van der Waals surface area contributed by atoms with Crippen LogP contribution in [0.1, 0.15) is 30.6 Å². The number of hydrogen-bond acceptors (Lipinski definition) is 4. The number of nitrogens with one attached hydrogen (secondary N) is 1. The van der Waals surface area contributed by atoms with Crippen molar-refractivity contribution in [3.8, 4) is 0 Å². The number of ether oxygens (including phenoxy) is 1. The van der Waals surface area contributed by atoms with Gasteiger partial charge in [-0.05, 0) is 31.9 Å². The average Bonchev–Trinajstić information content (AvgIpc) is 3.14. The number of hydrogen-bond donors (Lipinski definition) is 1. The van der Waals surface area contributed by atoms with Crippen molar-refractivity contribution in [3.63, 3.8) is 0 Å². The molecule has 0 saturated carbocycles. The Bertz CT molecular complexity index is 595. The van der Waals surface area contributed by atoms with E-state index in [4.69, 9.17) is 4.74 Å². The molecule has 3 rings (SSSR count). The van der Waals surface area contributed by atoms with Gasteiger partial charge in [0.1, 0.15) is 0 Å². The molecule has 5 nitrogen and oxygen atoms in total. The van der Waals surface area contributed by atoms with Crippen molar-refractivity contribution in [1.82, 2.24) is 14.8 Å². The molecule has 0 aliphatic carbocycles. The fourth-order valence-corrected chi connectivity index (χ4v) is 2.82. The molecule has 1 fully saturated rings. The van der Waals surface area contributed by atoms with E-state index in [9.17, 15) is 0 Å². The fraction of sp³-hybridized carbons (Fsp3) is 0.500. The number of nitrogens with zero attached hydrogens (tertiary/aromatic N) is 3. The molecule has 1 aliphatic heterocycles. The van der Waals surface area contributed by atoms with Gasteiger partial charge in [-0.2, -0.15) is 5.10 Å². The van der Waals surface area contributed by atoms with E-state index in [0.717, 1.165) is 31.8 Å². The van der Waals surface area contributed by atoms with Crippen LogP contribution >= 0.6 is 0 Å². The second-order valence-electron chi connectivity index (χ2n) is 5.54. The third-order valence-corrected chi connectivity index (χ3v) is 4.09. The summed E-state index contributed by atoms with van der Waals surface area (Å²) in [5, 5.41) is 7.88. The fourth-order valence-electron chi connectivity index (χ4n) is 2.82. The third kappa shape index (κ3) is 3.08. The minimum atomic E-state index is 0.153. The van der Waals surface area contributed by atoms with Gasteiger partial charge in [0.2, 0.25) is 0 Å². The first kappa shape index (κ1) is 14.1. The lowest BCUT2D eigenvalue weighted by molar-refractivity contribution is 0.0932. The molecule has 2 atom stereocenters. The maximum absolute atomic E-state index is 5.92. The molecule has 1 N–H and O–H groups in total. The molecule has 0 aromatic carbocycles. The predicted molar refractivity (Wildman–Crippen MR) is 82.2 cm³/mol. The normalized spacial score (nSPS) is 21.6. The lowest BCUT2D eigenvalue weighted by atomic mass is 9.97. The van der Waals surface area contributed by atoms with Crippen molar-refractivity contribution in [2.75, 3.05) is 18.5 Å². The van der Waals surface area contributed by atoms with E-state index >= 15 is 0 Å². The highest BCUT2D eigenvalue weighted by molar-refractivity contribution is 5.48. The van der Waals surface area contributed by atoms with Crippen LogP contribution in [0.2, 0.25) is 0 Å². The second-order valence-corrected chi connectivity index (χ2v) is 5.54. The zero-order chi connectivity index (χ0) is 14.7. The maximum atomic E-state index is 5.92. The van der Waals surface area contributed by atoms with Crippen LogP contribution in [0.25, 0.3) is 0 Å². The molecule has 21 heavy (non-hydrogen) atoms. The molecule has 1 saturated heterocycles. The average molecular weight is 286 g/mol. The van der Waals surface area contributed by atoms with Crippen LogP contribution in [0.15, 0.2) is 30.9 Å². The molecule has 0 radical (unpaired) electrons. The number of rotatable bonds is 5. The minimum Gasteiger partial charge on any atom is -0.384 e. The Morgan fingerprint density at radius 3 is 3.10 bits per heavy atom. The van der Waals surface area contributed by atoms with Crippen molar-refractivity contribution in [2.24, 2.45) is 5.92 Å². The Morgan fingerprint density at radius 1 is 1.43 bits per heavy atom. The Morgan fingerprint density at radius 2 is 2.33 bits per heavy atom. The topological polar surface area (TPSA) is 52.0 Å². The number of anilines is 1. The van der Waals surface area contributed by atoms with Gasteiger partial charge in [0.25, 0.3) is 0 Å². The SMILES string of the molecule is CCn1cc([C@@H]2OCC[C@H]2CNc2ccncc2C)cn1. The lowest BCUT2D eigenvalue weighted by Gasteiger charge is -2.19. The van der Waals surface area contributed by atoms with E-state index < -0.39 is 0 Å². The maximum Gasteiger partial charge on any atom is 0.0901 e. The molecule has 1 aliphatic rings. The second kappa shape index (κ2) is 6.26. The van der Waals surface area contributed by atoms with Crippen molar-refractivity contribution >= 4 is 5.69 Å². The minimum absolute atomic E-state index is 0.153. The molecule has 5 heteroatoms. The number of aromatic nitrogens is 3. The van der Waals surface area contributed by atoms with Gasteiger partial charge in [-0.25, -0.2) is 0 Å². The van der Waals surface area contributed by atoms with Crippen molar-refractivity contribution in [1.29, 1.82) is 0 Å². The summed E-state index contributed by atoms with van der Waals surface area (Å²) in [6.07, 6.45) is 8.98. The van der Waals surface area contributed by atoms with Crippen molar-refractivity contribution in [3.05, 3.63) is 42.0 Å². The molecule has 0 amide bonds. The van der Waals surface area contributed by atoms with Crippen LogP contribution in [0, 0.1) is 12.8 Å². The van der Waals surface area contributed by atoms with Gasteiger partial charge < -0.3 is 10.1 Å². The summed E-state index contributed by atoms with van der Waals surface area (Å²) in [7, 11) is 0. The van der Waals surface area contributed by atoms with Crippen LogP contribution in [-0.4, -0.2) is 27.9 Å². The first-order valence-electron chi connectivity index (χ1n) is 7.56. The zero-order valence-corrected chi connectivity index (χ0v) is 12.6. The molecule has 0 spiro atoms. The Labute approximate surface area is 125 Å². The highest BCUT2D eigenvalue weighted by Crippen LogP contribution is 2.34. The highest BCUT2D eigenvalue weighted by Gasteiger charge is 2.30. The summed E-state index contributed by atoms with van der Waals surface area (Å²) in [6.45, 7) is 6.79. The summed E-state index contributed by atoms with van der Waals surface area (Å²) in [6, 6.07) is 2.02. The Balaban J connectivity index is 1.66. The molecule has 2 aromatic rings. The first-order valence-corrected chi connectivity index (χ1v) is 7.56. The van der Waals surface area contributed by atoms with Gasteiger partial charge in [0.05, 0.1) is 12.3 Å². The first-order chi connectivity index (χ1) is 10.3. The summed E-state index contributed by atoms with van der Waals surface area (Å²) in [4.78, 5) is 4.12. The summed E-state index contributed by atoms with van der Waals surface area (Å²) in [5.41, 5.74) is 3.51. The van der Waals surface area contributed by atoms with Gasteiger partial charge in [0.15, 0.2) is 0 Å². The van der Waals surface area contributed by atoms with Crippen LogP contribution in [-0.2, 0) is 11.3 Å². The largest absolute Gasteiger partial charge is 0.384 e. The van der Waals surface area contributed by atoms with Crippen LogP contribution in [0.3, 0.4) is 0 Å².